The SMILES string of the molecule is CCOc1ccc(OCC[NH+](C)CC(=O)Nc2ccc(Br)cc2C)cc1. The Morgan fingerprint density at radius 2 is 1.77 bits per heavy atom. The Kier molecular flexibility index (Phi) is 7.94. The van der Waals surface area contributed by atoms with Gasteiger partial charge in [0.05, 0.1) is 13.7 Å². The molecule has 0 radical (unpaired) electrons. The number of nitrogens with one attached hydrogen (secondary N) is 2. The molecule has 0 spiro atoms. The highest BCUT2D eigenvalue weighted by Gasteiger charge is 2.11. The van der Waals surface area contributed by atoms with Gasteiger partial charge in [-0.25, -0.2) is 0 Å². The largest absolute Gasteiger partial charge is 0.494 e. The van der Waals surface area contributed by atoms with Crippen LogP contribution in [0.2, 0.25) is 0 Å². The lowest BCUT2D eigenvalue weighted by Crippen LogP contribution is -3.10. The molecule has 0 saturated heterocycles. The highest BCUT2D eigenvalue weighted by Crippen LogP contribution is 2.19. The van der Waals surface area contributed by atoms with Crippen LogP contribution in [-0.2, 0) is 4.79 Å². The van der Waals surface area contributed by atoms with Crippen molar-refractivity contribution in [1.82, 2.24) is 0 Å². The normalized spacial score (nSPS) is 11.7. The smallest absolute Gasteiger partial charge is 0.279 e. The van der Waals surface area contributed by atoms with E-state index in [1.54, 1.807) is 0 Å². The van der Waals surface area contributed by atoms with Crippen LogP contribution >= 0.6 is 15.9 Å². The Morgan fingerprint density at radius 1 is 1.12 bits per heavy atom. The molecule has 0 aliphatic heterocycles. The third-order valence-electron chi connectivity index (χ3n) is 3.86. The van der Waals surface area contributed by atoms with Crippen LogP contribution in [0, 0.1) is 6.92 Å². The van der Waals surface area contributed by atoms with Crippen LogP contribution in [0.1, 0.15) is 12.5 Å². The summed E-state index contributed by atoms with van der Waals surface area (Å²) >= 11 is 3.42. The number of hydrogen-bond acceptors (Lipinski definition) is 3. The Balaban J connectivity index is 1.72. The predicted octanol–water partition coefficient (Wildman–Crippen LogP) is 2.69. The Hall–Kier alpha value is -2.05. The molecule has 0 aliphatic carbocycles. The number of rotatable bonds is 9. The molecule has 1 unspecified atom stereocenters. The second-order valence-electron chi connectivity index (χ2n) is 6.14. The van der Waals surface area contributed by atoms with Crippen molar-refractivity contribution in [3.05, 3.63) is 52.5 Å². The molecule has 1 atom stereocenters. The van der Waals surface area contributed by atoms with E-state index >= 15 is 0 Å². The summed E-state index contributed by atoms with van der Waals surface area (Å²) in [5, 5.41) is 2.96. The summed E-state index contributed by atoms with van der Waals surface area (Å²) in [5.41, 5.74) is 1.88. The minimum atomic E-state index is -0.00557. The van der Waals surface area contributed by atoms with E-state index in [1.165, 1.54) is 0 Å². The molecule has 6 heteroatoms. The van der Waals surface area contributed by atoms with E-state index < -0.39 is 0 Å². The molecule has 2 N–H and O–H groups in total. The topological polar surface area (TPSA) is 52.0 Å². The van der Waals surface area contributed by atoms with Crippen LogP contribution in [0.4, 0.5) is 5.69 Å². The van der Waals surface area contributed by atoms with Gasteiger partial charge >= 0.3 is 0 Å². The molecule has 0 saturated carbocycles. The van der Waals surface area contributed by atoms with E-state index in [0.29, 0.717) is 19.8 Å². The average molecular weight is 422 g/mol. The quantitative estimate of drug-likeness (QED) is 0.654. The highest BCUT2D eigenvalue weighted by molar-refractivity contribution is 9.10. The van der Waals surface area contributed by atoms with E-state index in [9.17, 15) is 4.79 Å². The van der Waals surface area contributed by atoms with Crippen LogP contribution in [-0.4, -0.2) is 39.3 Å². The van der Waals surface area contributed by atoms with Gasteiger partial charge in [0.25, 0.3) is 5.91 Å². The Morgan fingerprint density at radius 3 is 2.38 bits per heavy atom. The van der Waals surface area contributed by atoms with Crippen LogP contribution in [0.15, 0.2) is 46.9 Å². The molecule has 5 nitrogen and oxygen atoms in total. The molecule has 26 heavy (non-hydrogen) atoms. The van der Waals surface area contributed by atoms with Crippen molar-refractivity contribution < 1.29 is 19.2 Å². The molecule has 0 fully saturated rings. The molecule has 0 bridgehead atoms. The molecule has 2 aromatic carbocycles. The van der Waals surface area contributed by atoms with Crippen molar-refractivity contribution in [2.45, 2.75) is 13.8 Å². The lowest BCUT2D eigenvalue weighted by Gasteiger charge is -2.15. The maximum atomic E-state index is 12.2. The Labute approximate surface area is 163 Å². The van der Waals surface area contributed by atoms with Gasteiger partial charge < -0.3 is 19.7 Å². The zero-order valence-corrected chi connectivity index (χ0v) is 17.1. The number of anilines is 1. The third kappa shape index (κ3) is 6.69. The van der Waals surface area contributed by atoms with Gasteiger partial charge in [-0.1, -0.05) is 15.9 Å². The van der Waals surface area contributed by atoms with E-state index in [0.717, 1.165) is 38.7 Å². The van der Waals surface area contributed by atoms with E-state index in [4.69, 9.17) is 9.47 Å². The van der Waals surface area contributed by atoms with Crippen LogP contribution in [0.25, 0.3) is 0 Å². The molecule has 2 aromatic rings. The first kappa shape index (κ1) is 20.3. The lowest BCUT2D eigenvalue weighted by molar-refractivity contribution is -0.871. The summed E-state index contributed by atoms with van der Waals surface area (Å²) < 4.78 is 12.1. The Bertz CT molecular complexity index is 719. The van der Waals surface area contributed by atoms with Crippen molar-refractivity contribution in [2.75, 3.05) is 38.7 Å². The summed E-state index contributed by atoms with van der Waals surface area (Å²) in [6, 6.07) is 13.4. The summed E-state index contributed by atoms with van der Waals surface area (Å²) in [6.07, 6.45) is 0. The fourth-order valence-electron chi connectivity index (χ4n) is 2.47. The first-order valence-electron chi connectivity index (χ1n) is 8.71. The number of likely N-dealkylation sites (N-methyl/N-ethyl adjacent to an activating group) is 1. The maximum absolute atomic E-state index is 12.2. The van der Waals surface area contributed by atoms with Crippen molar-refractivity contribution in [1.29, 1.82) is 0 Å². The van der Waals surface area contributed by atoms with E-state index in [2.05, 4.69) is 21.2 Å². The van der Waals surface area contributed by atoms with Gasteiger partial charge in [0, 0.05) is 10.2 Å². The van der Waals surface area contributed by atoms with Crippen molar-refractivity contribution in [2.24, 2.45) is 0 Å². The number of ether oxygens (including phenoxy) is 2. The molecular formula is C20H26BrN2O3+. The first-order valence-corrected chi connectivity index (χ1v) is 9.50. The van der Waals surface area contributed by atoms with Gasteiger partial charge in [0.1, 0.15) is 24.7 Å². The maximum Gasteiger partial charge on any atom is 0.279 e. The number of amides is 1. The fourth-order valence-corrected chi connectivity index (χ4v) is 2.94. The van der Waals surface area contributed by atoms with Gasteiger partial charge in [-0.3, -0.25) is 4.79 Å². The monoisotopic (exact) mass is 421 g/mol. The molecule has 140 valence electrons. The van der Waals surface area contributed by atoms with Gasteiger partial charge in [0.2, 0.25) is 0 Å². The minimum absolute atomic E-state index is 0.00557. The van der Waals surface area contributed by atoms with E-state index in [-0.39, 0.29) is 5.91 Å². The number of halogens is 1. The van der Waals surface area contributed by atoms with Crippen LogP contribution < -0.4 is 19.7 Å². The number of benzene rings is 2. The third-order valence-corrected chi connectivity index (χ3v) is 4.35. The van der Waals surface area contributed by atoms with E-state index in [1.807, 2.05) is 63.4 Å². The average Bonchev–Trinajstić information content (AvgIpc) is 2.59. The first-order chi connectivity index (χ1) is 12.5. The number of aryl methyl sites for hydroxylation is 1. The number of quaternary nitrogens is 1. The summed E-state index contributed by atoms with van der Waals surface area (Å²) in [6.45, 7) is 6.25. The van der Waals surface area contributed by atoms with Gasteiger partial charge in [-0.05, 0) is 61.9 Å². The molecule has 0 aliphatic rings. The molecular weight excluding hydrogens is 396 g/mol. The van der Waals surface area contributed by atoms with Gasteiger partial charge in [0.15, 0.2) is 6.54 Å². The number of carbonyl (C=O) groups is 1. The zero-order valence-electron chi connectivity index (χ0n) is 15.5. The van der Waals surface area contributed by atoms with Crippen molar-refractivity contribution >= 4 is 27.5 Å². The van der Waals surface area contributed by atoms with Crippen LogP contribution in [0.5, 0.6) is 11.5 Å². The lowest BCUT2D eigenvalue weighted by atomic mass is 10.2. The van der Waals surface area contributed by atoms with Crippen molar-refractivity contribution in [3.8, 4) is 11.5 Å². The highest BCUT2D eigenvalue weighted by atomic mass is 79.9. The molecule has 1 amide bonds. The predicted molar refractivity (Wildman–Crippen MR) is 107 cm³/mol. The summed E-state index contributed by atoms with van der Waals surface area (Å²) in [5.74, 6) is 1.63. The fraction of sp³-hybridized carbons (Fsp3) is 0.350. The molecule has 2 rings (SSSR count). The van der Waals surface area contributed by atoms with Gasteiger partial charge in [-0.15, -0.1) is 0 Å². The standard InChI is InChI=1S/C20H25BrN2O3/c1-4-25-17-6-8-18(9-7-17)26-12-11-23(3)14-20(24)22-19-10-5-16(21)13-15(19)2/h5-10,13H,4,11-12,14H2,1-3H3,(H,22,24)/p+1. The second kappa shape index (κ2) is 10.2. The van der Waals surface area contributed by atoms with Crippen molar-refractivity contribution in [3.63, 3.8) is 0 Å². The zero-order chi connectivity index (χ0) is 18.9. The molecule has 0 aromatic heterocycles. The van der Waals surface area contributed by atoms with Gasteiger partial charge in [-0.2, -0.15) is 0 Å². The minimum Gasteiger partial charge on any atom is -0.494 e. The summed E-state index contributed by atoms with van der Waals surface area (Å²) in [7, 11) is 1.98. The molecule has 0 heterocycles. The second-order valence-corrected chi connectivity index (χ2v) is 7.06. The number of hydrogen-bond donors (Lipinski definition) is 2. The number of carbonyl (C=O) groups excluding carboxylic acids is 1. The van der Waals surface area contributed by atoms with Crippen LogP contribution in [0.3, 0.4) is 0 Å². The summed E-state index contributed by atoms with van der Waals surface area (Å²) in [4.78, 5) is 13.3.